The summed E-state index contributed by atoms with van der Waals surface area (Å²) < 4.78 is 26.7. The van der Waals surface area contributed by atoms with Gasteiger partial charge in [0.15, 0.2) is 0 Å². The zero-order valence-corrected chi connectivity index (χ0v) is 13.0. The molecule has 0 unspecified atom stereocenters. The maximum absolute atomic E-state index is 12.6. The van der Waals surface area contributed by atoms with E-state index < -0.39 is 10.0 Å². The van der Waals surface area contributed by atoms with Crippen LogP contribution in [0, 0.1) is 12.3 Å². The highest BCUT2D eigenvalue weighted by Crippen LogP contribution is 2.34. The summed E-state index contributed by atoms with van der Waals surface area (Å²) in [6.07, 6.45) is 0.869. The van der Waals surface area contributed by atoms with E-state index in [0.29, 0.717) is 29.4 Å². The van der Waals surface area contributed by atoms with Gasteiger partial charge in [-0.3, -0.25) is 0 Å². The van der Waals surface area contributed by atoms with E-state index in [4.69, 9.17) is 17.3 Å². The molecule has 0 amide bonds. The van der Waals surface area contributed by atoms with Crippen molar-refractivity contribution in [2.45, 2.75) is 32.1 Å². The van der Waals surface area contributed by atoms with Crippen molar-refractivity contribution in [2.24, 2.45) is 5.41 Å². The minimum absolute atomic E-state index is 0.0279. The third-order valence-electron chi connectivity index (χ3n) is 3.54. The summed E-state index contributed by atoms with van der Waals surface area (Å²) >= 11 is 5.97. The average molecular weight is 303 g/mol. The minimum Gasteiger partial charge on any atom is -0.397 e. The number of nitrogens with zero attached hydrogens (tertiary/aromatic N) is 1. The van der Waals surface area contributed by atoms with E-state index in [9.17, 15) is 8.42 Å². The van der Waals surface area contributed by atoms with Crippen LogP contribution < -0.4 is 5.73 Å². The molecule has 1 fully saturated rings. The van der Waals surface area contributed by atoms with E-state index >= 15 is 0 Å². The molecule has 1 heterocycles. The van der Waals surface area contributed by atoms with Crippen LogP contribution in [0.25, 0.3) is 0 Å². The first-order chi connectivity index (χ1) is 8.63. The molecule has 0 bridgehead atoms. The van der Waals surface area contributed by atoms with Crippen LogP contribution in [0.4, 0.5) is 5.69 Å². The Labute approximate surface area is 119 Å². The Hall–Kier alpha value is -0.780. The standard InChI is InChI=1S/C13H19ClN2O2S/c1-9-6-10(7-11(15)12(9)14)19(17,18)16-5-4-13(2,3)8-16/h6-7H,4-5,8,15H2,1-3H3. The Kier molecular flexibility index (Phi) is 3.58. The lowest BCUT2D eigenvalue weighted by atomic mass is 9.93. The molecule has 2 rings (SSSR count). The second-order valence-corrected chi connectivity index (χ2v) is 8.21. The van der Waals surface area contributed by atoms with Crippen molar-refractivity contribution >= 4 is 27.3 Å². The number of benzene rings is 1. The topological polar surface area (TPSA) is 63.4 Å². The van der Waals surface area contributed by atoms with Crippen molar-refractivity contribution in [2.75, 3.05) is 18.8 Å². The normalized spacial score (nSPS) is 19.8. The lowest BCUT2D eigenvalue weighted by molar-refractivity contribution is 0.375. The molecule has 2 N–H and O–H groups in total. The summed E-state index contributed by atoms with van der Waals surface area (Å²) in [5, 5.41) is 0.417. The fraction of sp³-hybridized carbons (Fsp3) is 0.538. The number of hydrogen-bond donors (Lipinski definition) is 1. The highest BCUT2D eigenvalue weighted by Gasteiger charge is 2.37. The molecule has 0 aliphatic carbocycles. The van der Waals surface area contributed by atoms with Gasteiger partial charge in [0.2, 0.25) is 10.0 Å². The average Bonchev–Trinajstić information content (AvgIpc) is 2.66. The summed E-state index contributed by atoms with van der Waals surface area (Å²) in [7, 11) is -3.48. The van der Waals surface area contributed by atoms with Crippen LogP contribution in [0.1, 0.15) is 25.8 Å². The van der Waals surface area contributed by atoms with E-state index in [1.54, 1.807) is 13.0 Å². The number of anilines is 1. The quantitative estimate of drug-likeness (QED) is 0.854. The Morgan fingerprint density at radius 2 is 2.00 bits per heavy atom. The van der Waals surface area contributed by atoms with Crippen LogP contribution in [0.3, 0.4) is 0 Å². The van der Waals surface area contributed by atoms with E-state index in [1.807, 2.05) is 0 Å². The highest BCUT2D eigenvalue weighted by molar-refractivity contribution is 7.89. The summed E-state index contributed by atoms with van der Waals surface area (Å²) in [4.78, 5) is 0.226. The molecule has 0 saturated carbocycles. The lowest BCUT2D eigenvalue weighted by Gasteiger charge is -2.20. The number of rotatable bonds is 2. The van der Waals surface area contributed by atoms with Crippen molar-refractivity contribution in [3.8, 4) is 0 Å². The van der Waals surface area contributed by atoms with Gasteiger partial charge in [0.1, 0.15) is 0 Å². The fourth-order valence-corrected chi connectivity index (χ4v) is 4.19. The van der Waals surface area contributed by atoms with Crippen LogP contribution in [0.2, 0.25) is 5.02 Å². The predicted molar refractivity (Wildman–Crippen MR) is 77.8 cm³/mol. The molecular formula is C13H19ClN2O2S. The molecule has 0 radical (unpaired) electrons. The Bertz CT molecular complexity index is 588. The molecule has 1 aliphatic heterocycles. The number of sulfonamides is 1. The molecule has 1 aromatic carbocycles. The largest absolute Gasteiger partial charge is 0.397 e. The third kappa shape index (κ3) is 2.73. The number of hydrogen-bond acceptors (Lipinski definition) is 3. The van der Waals surface area contributed by atoms with Gasteiger partial charge >= 0.3 is 0 Å². The molecule has 4 nitrogen and oxygen atoms in total. The Morgan fingerprint density at radius 1 is 1.37 bits per heavy atom. The fourth-order valence-electron chi connectivity index (χ4n) is 2.33. The number of halogens is 1. The first kappa shape index (κ1) is 14.6. The lowest BCUT2D eigenvalue weighted by Crippen LogP contribution is -2.30. The van der Waals surface area contributed by atoms with Gasteiger partial charge in [0.25, 0.3) is 0 Å². The monoisotopic (exact) mass is 302 g/mol. The van der Waals surface area contributed by atoms with E-state index in [2.05, 4.69) is 13.8 Å². The van der Waals surface area contributed by atoms with Crippen LogP contribution in [-0.4, -0.2) is 25.8 Å². The summed E-state index contributed by atoms with van der Waals surface area (Å²) in [5.41, 5.74) is 6.77. The van der Waals surface area contributed by atoms with Gasteiger partial charge in [-0.15, -0.1) is 0 Å². The van der Waals surface area contributed by atoms with Crippen molar-refractivity contribution in [3.05, 3.63) is 22.7 Å². The molecule has 0 spiro atoms. The second kappa shape index (κ2) is 4.65. The molecule has 1 aromatic rings. The van der Waals surface area contributed by atoms with Gasteiger partial charge < -0.3 is 5.73 Å². The third-order valence-corrected chi connectivity index (χ3v) is 5.88. The molecule has 1 aliphatic rings. The molecule has 0 aromatic heterocycles. The SMILES string of the molecule is Cc1cc(S(=O)(=O)N2CCC(C)(C)C2)cc(N)c1Cl. The van der Waals surface area contributed by atoms with Crippen molar-refractivity contribution < 1.29 is 8.42 Å². The van der Waals surface area contributed by atoms with Crippen LogP contribution in [-0.2, 0) is 10.0 Å². The first-order valence-corrected chi connectivity index (χ1v) is 8.01. The summed E-state index contributed by atoms with van der Waals surface area (Å²) in [6, 6.07) is 3.02. The van der Waals surface area contributed by atoms with Crippen LogP contribution in [0.5, 0.6) is 0 Å². The second-order valence-electron chi connectivity index (χ2n) is 5.90. The molecule has 0 atom stereocenters. The molecular weight excluding hydrogens is 284 g/mol. The molecule has 19 heavy (non-hydrogen) atoms. The zero-order chi connectivity index (χ0) is 14.4. The van der Waals surface area contributed by atoms with Gasteiger partial charge in [0.05, 0.1) is 15.6 Å². The summed E-state index contributed by atoms with van der Waals surface area (Å²) in [5.74, 6) is 0. The minimum atomic E-state index is -3.48. The molecule has 6 heteroatoms. The summed E-state index contributed by atoms with van der Waals surface area (Å²) in [6.45, 7) is 6.99. The maximum atomic E-state index is 12.6. The highest BCUT2D eigenvalue weighted by atomic mass is 35.5. The van der Waals surface area contributed by atoms with E-state index in [0.717, 1.165) is 6.42 Å². The van der Waals surface area contributed by atoms with Gasteiger partial charge in [-0.05, 0) is 36.5 Å². The predicted octanol–water partition coefficient (Wildman–Crippen LogP) is 2.65. The molecule has 1 saturated heterocycles. The number of nitrogens with two attached hydrogens (primary N) is 1. The van der Waals surface area contributed by atoms with Gasteiger partial charge in [-0.2, -0.15) is 4.31 Å². The smallest absolute Gasteiger partial charge is 0.243 e. The maximum Gasteiger partial charge on any atom is 0.243 e. The van der Waals surface area contributed by atoms with E-state index in [1.165, 1.54) is 10.4 Å². The van der Waals surface area contributed by atoms with Crippen LogP contribution >= 0.6 is 11.6 Å². The van der Waals surface area contributed by atoms with E-state index in [-0.39, 0.29) is 10.3 Å². The van der Waals surface area contributed by atoms with Crippen LogP contribution in [0.15, 0.2) is 17.0 Å². The van der Waals surface area contributed by atoms with Crippen molar-refractivity contribution in [3.63, 3.8) is 0 Å². The number of nitrogen functional groups attached to an aromatic ring is 1. The molecule has 106 valence electrons. The number of aryl methyl sites for hydroxylation is 1. The van der Waals surface area contributed by atoms with Crippen molar-refractivity contribution in [1.29, 1.82) is 0 Å². The van der Waals surface area contributed by atoms with Gasteiger partial charge in [0, 0.05) is 13.1 Å². The Balaban J connectivity index is 2.41. The van der Waals surface area contributed by atoms with Crippen molar-refractivity contribution in [1.82, 2.24) is 4.31 Å². The van der Waals surface area contributed by atoms with Gasteiger partial charge in [-0.25, -0.2) is 8.42 Å². The first-order valence-electron chi connectivity index (χ1n) is 6.19. The zero-order valence-electron chi connectivity index (χ0n) is 11.4. The van der Waals surface area contributed by atoms with Gasteiger partial charge in [-0.1, -0.05) is 25.4 Å². The Morgan fingerprint density at radius 3 is 2.47 bits per heavy atom.